The van der Waals surface area contributed by atoms with Gasteiger partial charge in [-0.15, -0.1) is 0 Å². The summed E-state index contributed by atoms with van der Waals surface area (Å²) in [6, 6.07) is 4.24. The van der Waals surface area contributed by atoms with Gasteiger partial charge in [0.05, 0.1) is 29.5 Å². The largest absolute Gasteiger partial charge is 0.345 e. The van der Waals surface area contributed by atoms with E-state index in [-0.39, 0.29) is 11.8 Å². The highest BCUT2D eigenvalue weighted by Crippen LogP contribution is 2.47. The van der Waals surface area contributed by atoms with Crippen molar-refractivity contribution in [3.05, 3.63) is 30.5 Å². The van der Waals surface area contributed by atoms with Crippen molar-refractivity contribution >= 4 is 22.6 Å². The summed E-state index contributed by atoms with van der Waals surface area (Å²) >= 11 is 0. The Morgan fingerprint density at radius 1 is 1.38 bits per heavy atom. The van der Waals surface area contributed by atoms with Gasteiger partial charge in [0, 0.05) is 25.2 Å². The fraction of sp³-hybridized carbons (Fsp3) is 0.474. The van der Waals surface area contributed by atoms with Gasteiger partial charge >= 0.3 is 0 Å². The molecule has 1 N–H and O–H groups in total. The minimum Gasteiger partial charge on any atom is -0.345 e. The van der Waals surface area contributed by atoms with Gasteiger partial charge in [-0.2, -0.15) is 5.26 Å². The van der Waals surface area contributed by atoms with Crippen LogP contribution in [0.2, 0.25) is 0 Å². The van der Waals surface area contributed by atoms with Gasteiger partial charge in [-0.3, -0.25) is 9.20 Å². The summed E-state index contributed by atoms with van der Waals surface area (Å²) in [6.07, 6.45) is 7.86. The Morgan fingerprint density at radius 2 is 2.19 bits per heavy atom. The zero-order valence-corrected chi connectivity index (χ0v) is 14.6. The monoisotopic (exact) mass is 348 g/mol. The molecule has 1 saturated heterocycles. The van der Waals surface area contributed by atoms with Crippen molar-refractivity contribution in [2.45, 2.75) is 32.1 Å². The van der Waals surface area contributed by atoms with Crippen LogP contribution in [0.4, 0.5) is 0 Å². The number of carbonyl (C=O) groups is 1. The highest BCUT2D eigenvalue weighted by molar-refractivity contribution is 5.88. The molecular weight excluding hydrogens is 328 g/mol. The Bertz CT molecular complexity index is 1050. The molecule has 4 heterocycles. The van der Waals surface area contributed by atoms with Crippen molar-refractivity contribution in [1.82, 2.24) is 24.3 Å². The SMILES string of the molecule is C[C@@H]1CCN(C(=O)C2(C#N)CC2)C[C@@H]1c1ncc2cnc3[nH]ccc3n12. The summed E-state index contributed by atoms with van der Waals surface area (Å²) in [7, 11) is 0. The number of imidazole rings is 1. The van der Waals surface area contributed by atoms with Crippen molar-refractivity contribution in [1.29, 1.82) is 5.26 Å². The standard InChI is InChI=1S/C19H20N6O/c1-12-3-7-24(18(26)19(11-20)4-5-19)10-14(12)17-23-9-13-8-22-16-15(25(13)17)2-6-21-16/h2,6,8-9,12,14,21H,3-5,7,10H2,1H3/t12-,14+/m1/s1. The molecule has 0 bridgehead atoms. The third kappa shape index (κ3) is 2.08. The molecule has 1 aliphatic carbocycles. The van der Waals surface area contributed by atoms with E-state index in [9.17, 15) is 10.1 Å². The number of nitrogens with one attached hydrogen (secondary N) is 1. The molecule has 3 aromatic rings. The molecule has 0 aromatic carbocycles. The van der Waals surface area contributed by atoms with Crippen molar-refractivity contribution < 1.29 is 4.79 Å². The van der Waals surface area contributed by atoms with Crippen molar-refractivity contribution in [2.75, 3.05) is 13.1 Å². The number of rotatable bonds is 2. The molecule has 2 atom stereocenters. The summed E-state index contributed by atoms with van der Waals surface area (Å²) in [6.45, 7) is 3.57. The number of aromatic amines is 1. The molecule has 132 valence electrons. The Balaban J connectivity index is 1.54. The maximum atomic E-state index is 12.8. The molecule has 2 fully saturated rings. The summed E-state index contributed by atoms with van der Waals surface area (Å²) in [5.41, 5.74) is 2.03. The molecule has 26 heavy (non-hydrogen) atoms. The molecule has 1 amide bonds. The maximum absolute atomic E-state index is 12.8. The van der Waals surface area contributed by atoms with E-state index in [0.717, 1.165) is 35.5 Å². The number of piperidine rings is 1. The van der Waals surface area contributed by atoms with Gasteiger partial charge in [0.25, 0.3) is 0 Å². The molecule has 3 aromatic heterocycles. The number of nitriles is 1. The van der Waals surface area contributed by atoms with Crippen LogP contribution >= 0.6 is 0 Å². The molecule has 0 spiro atoms. The van der Waals surface area contributed by atoms with E-state index in [0.29, 0.717) is 25.3 Å². The summed E-state index contributed by atoms with van der Waals surface area (Å²) < 4.78 is 2.14. The maximum Gasteiger partial charge on any atom is 0.243 e. The number of amides is 1. The van der Waals surface area contributed by atoms with Crippen LogP contribution in [0.15, 0.2) is 24.7 Å². The molecule has 7 nitrogen and oxygen atoms in total. The van der Waals surface area contributed by atoms with Crippen LogP contribution in [-0.2, 0) is 4.79 Å². The number of H-pyrrole nitrogens is 1. The van der Waals surface area contributed by atoms with E-state index >= 15 is 0 Å². The fourth-order valence-electron chi connectivity index (χ4n) is 4.15. The molecule has 0 unspecified atom stereocenters. The minimum absolute atomic E-state index is 0.00576. The zero-order chi connectivity index (χ0) is 17.9. The van der Waals surface area contributed by atoms with Gasteiger partial charge in [0.1, 0.15) is 11.2 Å². The lowest BCUT2D eigenvalue weighted by atomic mass is 9.85. The second kappa shape index (κ2) is 5.31. The number of aromatic nitrogens is 4. The third-order valence-electron chi connectivity index (χ3n) is 6.04. The van der Waals surface area contributed by atoms with Gasteiger partial charge in [0.15, 0.2) is 5.65 Å². The molecular formula is C19H20N6O. The average molecular weight is 348 g/mol. The van der Waals surface area contributed by atoms with Crippen molar-refractivity contribution in [3.8, 4) is 6.07 Å². The van der Waals surface area contributed by atoms with Gasteiger partial charge in [-0.05, 0) is 31.2 Å². The van der Waals surface area contributed by atoms with Crippen LogP contribution in [0.3, 0.4) is 0 Å². The van der Waals surface area contributed by atoms with Crippen molar-refractivity contribution in [2.24, 2.45) is 11.3 Å². The first kappa shape index (κ1) is 15.4. The quantitative estimate of drug-likeness (QED) is 0.770. The number of likely N-dealkylation sites (tertiary alicyclic amines) is 1. The lowest BCUT2D eigenvalue weighted by Crippen LogP contribution is -2.45. The summed E-state index contributed by atoms with van der Waals surface area (Å²) in [5, 5.41) is 9.37. The first-order valence-electron chi connectivity index (χ1n) is 9.13. The fourth-order valence-corrected chi connectivity index (χ4v) is 4.15. The van der Waals surface area contributed by atoms with E-state index < -0.39 is 5.41 Å². The minimum atomic E-state index is -0.752. The topological polar surface area (TPSA) is 90.1 Å². The lowest BCUT2D eigenvalue weighted by molar-refractivity contribution is -0.136. The summed E-state index contributed by atoms with van der Waals surface area (Å²) in [5.74, 6) is 1.54. The lowest BCUT2D eigenvalue weighted by Gasteiger charge is -2.37. The number of hydrogen-bond donors (Lipinski definition) is 1. The van der Waals surface area contributed by atoms with E-state index in [2.05, 4.69) is 27.4 Å². The van der Waals surface area contributed by atoms with E-state index in [1.807, 2.05) is 29.6 Å². The zero-order valence-electron chi connectivity index (χ0n) is 14.6. The molecule has 7 heteroatoms. The average Bonchev–Trinajstić information content (AvgIpc) is 3.11. The van der Waals surface area contributed by atoms with Crippen molar-refractivity contribution in [3.63, 3.8) is 0 Å². The smallest absolute Gasteiger partial charge is 0.243 e. The van der Waals surface area contributed by atoms with Gasteiger partial charge in [-0.1, -0.05) is 6.92 Å². The van der Waals surface area contributed by atoms with E-state index in [4.69, 9.17) is 4.98 Å². The predicted molar refractivity (Wildman–Crippen MR) is 95.2 cm³/mol. The van der Waals surface area contributed by atoms with E-state index in [1.54, 1.807) is 0 Å². The Morgan fingerprint density at radius 3 is 2.96 bits per heavy atom. The van der Waals surface area contributed by atoms with E-state index in [1.165, 1.54) is 0 Å². The highest BCUT2D eigenvalue weighted by Gasteiger charge is 2.53. The first-order valence-corrected chi connectivity index (χ1v) is 9.13. The number of fused-ring (bicyclic) bond motifs is 3. The van der Waals surface area contributed by atoms with Gasteiger partial charge in [-0.25, -0.2) is 9.97 Å². The van der Waals surface area contributed by atoms with Crippen LogP contribution in [0.1, 0.15) is 37.9 Å². The molecule has 1 aliphatic heterocycles. The Kier molecular flexibility index (Phi) is 3.14. The third-order valence-corrected chi connectivity index (χ3v) is 6.04. The predicted octanol–water partition coefficient (Wildman–Crippen LogP) is 2.47. The number of carbonyl (C=O) groups excluding carboxylic acids is 1. The number of nitrogens with zero attached hydrogens (tertiary/aromatic N) is 5. The normalized spacial score (nSPS) is 24.7. The second-order valence-electron chi connectivity index (χ2n) is 7.66. The van der Waals surface area contributed by atoms with Gasteiger partial charge in [0.2, 0.25) is 5.91 Å². The summed E-state index contributed by atoms with van der Waals surface area (Å²) in [4.78, 5) is 27.0. The van der Waals surface area contributed by atoms with Crippen LogP contribution in [0.25, 0.3) is 16.7 Å². The molecule has 1 saturated carbocycles. The Labute approximate surface area is 150 Å². The molecule has 0 radical (unpaired) electrons. The highest BCUT2D eigenvalue weighted by atomic mass is 16.2. The van der Waals surface area contributed by atoms with Crippen LogP contribution in [0.5, 0.6) is 0 Å². The van der Waals surface area contributed by atoms with Crippen LogP contribution in [-0.4, -0.2) is 43.2 Å². The Hall–Kier alpha value is -2.88. The first-order chi connectivity index (χ1) is 12.6. The van der Waals surface area contributed by atoms with Crippen LogP contribution in [0, 0.1) is 22.7 Å². The molecule has 5 rings (SSSR count). The molecule has 2 aliphatic rings. The van der Waals surface area contributed by atoms with Gasteiger partial charge < -0.3 is 9.88 Å². The van der Waals surface area contributed by atoms with Crippen LogP contribution < -0.4 is 0 Å². The number of hydrogen-bond acceptors (Lipinski definition) is 4. The second-order valence-corrected chi connectivity index (χ2v) is 7.66.